The first-order chi connectivity index (χ1) is 19.0. The first kappa shape index (κ1) is 30.8. The van der Waals surface area contributed by atoms with Gasteiger partial charge in [-0.3, -0.25) is 14.4 Å². The Labute approximate surface area is 231 Å². The number of carboxylic acid groups (broad SMARTS) is 3. The van der Waals surface area contributed by atoms with Gasteiger partial charge in [-0.15, -0.1) is 0 Å². The van der Waals surface area contributed by atoms with E-state index >= 15 is 0 Å². The number of hydrogen-bond donors (Lipinski definition) is 4. The molecule has 0 unspecified atom stereocenters. The highest BCUT2D eigenvalue weighted by molar-refractivity contribution is 7.89. The van der Waals surface area contributed by atoms with Crippen molar-refractivity contribution in [2.45, 2.75) is 75.3 Å². The zero-order valence-corrected chi connectivity index (χ0v) is 22.7. The number of nitrogens with zero attached hydrogens (tertiary/aromatic N) is 1. The van der Waals surface area contributed by atoms with Gasteiger partial charge < -0.3 is 19.9 Å². The van der Waals surface area contributed by atoms with Gasteiger partial charge in [-0.1, -0.05) is 24.6 Å². The van der Waals surface area contributed by atoms with Crippen molar-refractivity contribution < 1.29 is 42.5 Å². The Morgan fingerprint density at radius 3 is 2.08 bits per heavy atom. The minimum Gasteiger partial charge on any atom is -0.481 e. The predicted octanol–water partition coefficient (Wildman–Crippen LogP) is 4.20. The maximum absolute atomic E-state index is 13.1. The molecular formula is C28H33FN2O8S. The van der Waals surface area contributed by atoms with Crippen LogP contribution in [-0.4, -0.2) is 52.3 Å². The first-order valence-electron chi connectivity index (χ1n) is 13.0. The Hall–Kier alpha value is -3.77. The lowest BCUT2D eigenvalue weighted by molar-refractivity contribution is -0.138. The molecule has 3 aromatic rings. The van der Waals surface area contributed by atoms with Gasteiger partial charge in [0.1, 0.15) is 5.82 Å². The number of aliphatic carboxylic acids is 3. The molecule has 0 spiro atoms. The zero-order chi connectivity index (χ0) is 29.3. The fourth-order valence-corrected chi connectivity index (χ4v) is 6.07. The summed E-state index contributed by atoms with van der Waals surface area (Å²) in [6, 6.07) is 12.3. The van der Waals surface area contributed by atoms with E-state index in [9.17, 15) is 27.2 Å². The number of hydrogen-bond acceptors (Lipinski definition) is 5. The van der Waals surface area contributed by atoms with E-state index in [2.05, 4.69) is 4.72 Å². The zero-order valence-electron chi connectivity index (χ0n) is 21.9. The molecule has 40 heavy (non-hydrogen) atoms. The molecule has 4 rings (SSSR count). The minimum absolute atomic E-state index is 0.0335. The molecular weight excluding hydrogens is 543 g/mol. The number of carboxylic acids is 3. The van der Waals surface area contributed by atoms with Crippen LogP contribution in [0.3, 0.4) is 0 Å². The quantitative estimate of drug-likeness (QED) is 0.233. The Balaban J connectivity index is 0.000000342. The summed E-state index contributed by atoms with van der Waals surface area (Å²) < 4.78 is 43.2. The Morgan fingerprint density at radius 1 is 0.875 bits per heavy atom. The summed E-state index contributed by atoms with van der Waals surface area (Å²) in [5.74, 6) is -2.97. The third-order valence-electron chi connectivity index (χ3n) is 6.65. The highest BCUT2D eigenvalue weighted by Crippen LogP contribution is 2.33. The van der Waals surface area contributed by atoms with Crippen LogP contribution in [-0.2, 0) is 43.8 Å². The number of para-hydroxylation sites is 1. The van der Waals surface area contributed by atoms with Crippen LogP contribution in [0.2, 0.25) is 0 Å². The van der Waals surface area contributed by atoms with E-state index in [0.717, 1.165) is 34.3 Å². The molecule has 1 aromatic heterocycles. The van der Waals surface area contributed by atoms with Crippen LogP contribution in [0.25, 0.3) is 10.9 Å². The van der Waals surface area contributed by atoms with Crippen molar-refractivity contribution in [2.75, 3.05) is 0 Å². The predicted molar refractivity (Wildman–Crippen MR) is 145 cm³/mol. The van der Waals surface area contributed by atoms with Crippen molar-refractivity contribution in [2.24, 2.45) is 0 Å². The van der Waals surface area contributed by atoms with E-state index in [4.69, 9.17) is 15.3 Å². The monoisotopic (exact) mass is 576 g/mol. The lowest BCUT2D eigenvalue weighted by Crippen LogP contribution is -2.39. The number of carbonyl (C=O) groups is 3. The second-order valence-electron chi connectivity index (χ2n) is 9.60. The largest absolute Gasteiger partial charge is 0.481 e. The molecule has 0 bridgehead atoms. The highest BCUT2D eigenvalue weighted by Gasteiger charge is 2.28. The second-order valence-corrected chi connectivity index (χ2v) is 11.3. The van der Waals surface area contributed by atoms with E-state index in [1.54, 1.807) is 0 Å². The number of halogens is 1. The summed E-state index contributed by atoms with van der Waals surface area (Å²) >= 11 is 0. The molecule has 2 aromatic carbocycles. The molecule has 1 heterocycles. The molecule has 1 aliphatic carbocycles. The second kappa shape index (κ2) is 14.0. The summed E-state index contributed by atoms with van der Waals surface area (Å²) in [4.78, 5) is 31.0. The first-order valence-corrected chi connectivity index (χ1v) is 14.5. The van der Waals surface area contributed by atoms with Crippen LogP contribution in [0.1, 0.15) is 56.2 Å². The van der Waals surface area contributed by atoms with Crippen LogP contribution in [0.15, 0.2) is 53.4 Å². The number of rotatable bonds is 12. The van der Waals surface area contributed by atoms with Gasteiger partial charge in [0, 0.05) is 42.0 Å². The number of unbranched alkanes of at least 4 members (excludes halogenated alkanes) is 2. The Kier molecular flexibility index (Phi) is 10.8. The van der Waals surface area contributed by atoms with Gasteiger partial charge >= 0.3 is 17.9 Å². The normalized spacial score (nSPS) is 14.7. The van der Waals surface area contributed by atoms with E-state index in [1.165, 1.54) is 12.1 Å². The highest BCUT2D eigenvalue weighted by atomic mass is 32.2. The molecule has 0 radical (unpaired) electrons. The molecule has 0 saturated carbocycles. The number of sulfonamides is 1. The van der Waals surface area contributed by atoms with Gasteiger partial charge in [0.15, 0.2) is 0 Å². The smallest absolute Gasteiger partial charge is 0.305 e. The molecule has 0 amide bonds. The standard InChI is InChI=1S/C21H21FN2O4S.C7H12O4/c22-14-5-8-16(9-6-14)29(27,28)23-15-7-10-20-18(13-15)17-3-1-2-4-19(17)24(20)12-11-21(25)26;8-6(9)4-2-1-3-5-7(10)11/h1-6,8-9,15,23H,7,10-13H2,(H,25,26);1-5H2,(H,8,9)(H,10,11)/t15-;/m1./s1. The van der Waals surface area contributed by atoms with E-state index in [1.807, 2.05) is 28.8 Å². The molecule has 1 atom stereocenters. The topological polar surface area (TPSA) is 163 Å². The van der Waals surface area contributed by atoms with Crippen LogP contribution < -0.4 is 4.72 Å². The third-order valence-corrected chi connectivity index (χ3v) is 8.19. The number of fused-ring (bicyclic) bond motifs is 3. The molecule has 0 fully saturated rings. The van der Waals surface area contributed by atoms with E-state index in [0.29, 0.717) is 45.1 Å². The molecule has 12 heteroatoms. The fourth-order valence-electron chi connectivity index (χ4n) is 4.79. The molecule has 0 aliphatic heterocycles. The van der Waals surface area contributed by atoms with Crippen molar-refractivity contribution in [3.05, 3.63) is 65.6 Å². The van der Waals surface area contributed by atoms with Crippen LogP contribution in [0, 0.1) is 5.82 Å². The van der Waals surface area contributed by atoms with Gasteiger partial charge in [0.2, 0.25) is 10.0 Å². The average molecular weight is 577 g/mol. The molecule has 216 valence electrons. The fraction of sp³-hybridized carbons (Fsp3) is 0.393. The molecule has 10 nitrogen and oxygen atoms in total. The number of aryl methyl sites for hydroxylation is 1. The van der Waals surface area contributed by atoms with Crippen LogP contribution in [0.4, 0.5) is 4.39 Å². The maximum atomic E-state index is 13.1. The summed E-state index contributed by atoms with van der Waals surface area (Å²) in [5.41, 5.74) is 3.11. The number of nitrogens with one attached hydrogen (secondary N) is 1. The van der Waals surface area contributed by atoms with E-state index < -0.39 is 33.7 Å². The van der Waals surface area contributed by atoms with Crippen molar-refractivity contribution in [3.8, 4) is 0 Å². The number of aromatic nitrogens is 1. The van der Waals surface area contributed by atoms with Crippen molar-refractivity contribution >= 4 is 38.8 Å². The maximum Gasteiger partial charge on any atom is 0.305 e. The summed E-state index contributed by atoms with van der Waals surface area (Å²) in [6.07, 6.45) is 3.92. The lowest BCUT2D eigenvalue weighted by Gasteiger charge is -2.25. The summed E-state index contributed by atoms with van der Waals surface area (Å²) in [5, 5.41) is 26.5. The van der Waals surface area contributed by atoms with Crippen molar-refractivity contribution in [1.29, 1.82) is 0 Å². The Bertz CT molecular complexity index is 1430. The number of benzene rings is 2. The van der Waals surface area contributed by atoms with Crippen LogP contribution in [0.5, 0.6) is 0 Å². The van der Waals surface area contributed by atoms with Gasteiger partial charge in [-0.25, -0.2) is 17.5 Å². The van der Waals surface area contributed by atoms with Crippen molar-refractivity contribution in [1.82, 2.24) is 9.29 Å². The van der Waals surface area contributed by atoms with E-state index in [-0.39, 0.29) is 30.2 Å². The minimum atomic E-state index is -3.75. The summed E-state index contributed by atoms with van der Waals surface area (Å²) in [6.45, 7) is 0.386. The van der Waals surface area contributed by atoms with Gasteiger partial charge in [0.05, 0.1) is 11.3 Å². The van der Waals surface area contributed by atoms with Crippen LogP contribution >= 0.6 is 0 Å². The SMILES string of the molecule is O=C(O)CCCCCC(=O)O.O=C(O)CCn1c2c(c3ccccc31)C[C@H](NS(=O)(=O)c1ccc(F)cc1)CC2. The van der Waals surface area contributed by atoms with Gasteiger partial charge in [0.25, 0.3) is 0 Å². The molecule has 4 N–H and O–H groups in total. The van der Waals surface area contributed by atoms with Gasteiger partial charge in [-0.2, -0.15) is 0 Å². The molecule has 0 saturated heterocycles. The Morgan fingerprint density at radius 2 is 1.48 bits per heavy atom. The summed E-state index contributed by atoms with van der Waals surface area (Å²) in [7, 11) is -3.75. The lowest BCUT2D eigenvalue weighted by atomic mass is 9.92. The third kappa shape index (κ3) is 8.62. The average Bonchev–Trinajstić information content (AvgIpc) is 3.20. The van der Waals surface area contributed by atoms with Gasteiger partial charge in [-0.05, 0) is 68.0 Å². The van der Waals surface area contributed by atoms with Crippen molar-refractivity contribution in [3.63, 3.8) is 0 Å². The molecule has 1 aliphatic rings.